The van der Waals surface area contributed by atoms with Crippen molar-refractivity contribution in [3.05, 3.63) is 54.4 Å². The van der Waals surface area contributed by atoms with Crippen LogP contribution in [0.4, 0.5) is 5.69 Å². The van der Waals surface area contributed by atoms with Gasteiger partial charge in [-0.15, -0.1) is 0 Å². The number of pyridine rings is 1. The first-order valence-electron chi connectivity index (χ1n) is 7.65. The van der Waals surface area contributed by atoms with Gasteiger partial charge >= 0.3 is 0 Å². The second-order valence-electron chi connectivity index (χ2n) is 5.60. The quantitative estimate of drug-likeness (QED) is 0.513. The number of aryl methyl sites for hydroxylation is 2. The number of hydrogen-bond donors (Lipinski definition) is 2. The van der Waals surface area contributed by atoms with Crippen LogP contribution in [0.3, 0.4) is 0 Å². The smallest absolute Gasteiger partial charge is 0.264 e. The van der Waals surface area contributed by atoms with Crippen molar-refractivity contribution < 1.29 is 39.6 Å². The normalized spacial score (nSPS) is 10.5. The largest absolute Gasteiger partial charge is 1.00 e. The van der Waals surface area contributed by atoms with Gasteiger partial charge in [-0.1, -0.05) is 0 Å². The van der Waals surface area contributed by atoms with E-state index < -0.39 is 15.9 Å². The summed E-state index contributed by atoms with van der Waals surface area (Å²) in [6.45, 7) is 3.66. The molecule has 0 saturated carbocycles. The lowest BCUT2D eigenvalue weighted by molar-refractivity contribution is -0.695. The second-order valence-corrected chi connectivity index (χ2v) is 7.28. The second kappa shape index (κ2) is 9.44. The summed E-state index contributed by atoms with van der Waals surface area (Å²) in [4.78, 5) is 22.8. The monoisotopic (exact) mass is 441 g/mol. The van der Waals surface area contributed by atoms with Crippen LogP contribution >= 0.6 is 0 Å². The molecule has 0 unspecified atom stereocenters. The van der Waals surface area contributed by atoms with Crippen molar-refractivity contribution >= 4 is 27.5 Å². The molecule has 0 fully saturated rings. The predicted octanol–water partition coefficient (Wildman–Crippen LogP) is -1.86. The predicted molar refractivity (Wildman–Crippen MR) is 92.1 cm³/mol. The van der Waals surface area contributed by atoms with Crippen molar-refractivity contribution in [2.45, 2.75) is 31.7 Å². The zero-order chi connectivity index (χ0) is 18.4. The Morgan fingerprint density at radius 1 is 1.04 bits per heavy atom. The third kappa shape index (κ3) is 6.57. The first kappa shape index (κ1) is 21.8. The number of carbonyl (C=O) groups is 2. The molecule has 0 spiro atoms. The molecule has 26 heavy (non-hydrogen) atoms. The number of hydrogen-bond acceptors (Lipinski definition) is 4. The number of rotatable bonds is 6. The Kier molecular flexibility index (Phi) is 7.91. The van der Waals surface area contributed by atoms with Gasteiger partial charge in [0, 0.05) is 24.7 Å². The molecule has 2 rings (SSSR count). The molecule has 2 amide bonds. The molecule has 0 aliphatic heterocycles. The summed E-state index contributed by atoms with van der Waals surface area (Å²) < 4.78 is 27.5. The fourth-order valence-electron chi connectivity index (χ4n) is 2.10. The highest BCUT2D eigenvalue weighted by Crippen LogP contribution is 2.14. The molecule has 0 atom stereocenters. The zero-order valence-corrected chi connectivity index (χ0v) is 16.8. The molecule has 0 aliphatic rings. The molecule has 1 heterocycles. The van der Waals surface area contributed by atoms with Gasteiger partial charge in [0.15, 0.2) is 18.9 Å². The molecular weight excluding hydrogens is 422 g/mol. The lowest BCUT2D eigenvalue weighted by Crippen LogP contribution is -3.00. The summed E-state index contributed by atoms with van der Waals surface area (Å²) in [5.41, 5.74) is 1.63. The van der Waals surface area contributed by atoms with Crippen LogP contribution in [0.5, 0.6) is 0 Å². The number of anilines is 1. The molecule has 1 aromatic heterocycles. The van der Waals surface area contributed by atoms with Gasteiger partial charge in [-0.3, -0.25) is 9.59 Å². The Hall–Kier alpha value is -2.26. The summed E-state index contributed by atoms with van der Waals surface area (Å²) >= 11 is 0. The van der Waals surface area contributed by atoms with Crippen molar-refractivity contribution in [3.63, 3.8) is 0 Å². The summed E-state index contributed by atoms with van der Waals surface area (Å²) in [7, 11) is -3.87. The van der Waals surface area contributed by atoms with E-state index in [1.807, 2.05) is 40.7 Å². The number of benzene rings is 1. The Morgan fingerprint density at radius 3 is 2.15 bits per heavy atom. The average molecular weight is 442 g/mol. The van der Waals surface area contributed by atoms with E-state index >= 15 is 0 Å². The third-order valence-corrected chi connectivity index (χ3v) is 4.83. The molecule has 0 radical (unpaired) electrons. The molecule has 140 valence electrons. The Bertz CT molecular complexity index is 866. The van der Waals surface area contributed by atoms with E-state index in [1.165, 1.54) is 24.3 Å². The maximum absolute atomic E-state index is 12.0. The van der Waals surface area contributed by atoms with E-state index in [0.717, 1.165) is 12.5 Å². The van der Waals surface area contributed by atoms with Gasteiger partial charge in [0.2, 0.25) is 11.8 Å². The molecule has 9 heteroatoms. The van der Waals surface area contributed by atoms with E-state index in [0.29, 0.717) is 18.7 Å². The summed E-state index contributed by atoms with van der Waals surface area (Å²) in [5, 5.41) is 2.71. The summed E-state index contributed by atoms with van der Waals surface area (Å²) in [6.07, 6.45) is 4.11. The lowest BCUT2D eigenvalue weighted by atomic mass is 10.3. The van der Waals surface area contributed by atoms with Gasteiger partial charge in [-0.25, -0.2) is 17.7 Å². The van der Waals surface area contributed by atoms with E-state index in [2.05, 4.69) is 5.32 Å². The van der Waals surface area contributed by atoms with Crippen LogP contribution in [0, 0.1) is 6.92 Å². The lowest BCUT2D eigenvalue weighted by Gasteiger charge is -2.07. The minimum absolute atomic E-state index is 0. The van der Waals surface area contributed by atoms with Gasteiger partial charge in [0.05, 0.1) is 11.3 Å². The number of sulfonamides is 1. The van der Waals surface area contributed by atoms with Gasteiger partial charge in [-0.05, 0) is 36.8 Å². The van der Waals surface area contributed by atoms with Gasteiger partial charge < -0.3 is 22.3 Å². The molecular formula is C17H20BrN3O4S. The van der Waals surface area contributed by atoms with Crippen LogP contribution in [-0.2, 0) is 26.2 Å². The molecule has 0 saturated heterocycles. The maximum Gasteiger partial charge on any atom is 0.264 e. The summed E-state index contributed by atoms with van der Waals surface area (Å²) in [5.74, 6) is -0.837. The van der Waals surface area contributed by atoms with Crippen LogP contribution in [-0.4, -0.2) is 20.2 Å². The van der Waals surface area contributed by atoms with Crippen molar-refractivity contribution in [2.24, 2.45) is 0 Å². The number of nitrogens with one attached hydrogen (secondary N) is 2. The Balaban J connectivity index is 0.00000338. The van der Waals surface area contributed by atoms with E-state index in [4.69, 9.17) is 0 Å². The van der Waals surface area contributed by atoms with Gasteiger partial charge in [-0.2, -0.15) is 0 Å². The van der Waals surface area contributed by atoms with Crippen LogP contribution in [0.15, 0.2) is 53.7 Å². The topological polar surface area (TPSA) is 96.2 Å². The van der Waals surface area contributed by atoms with Crippen molar-refractivity contribution in [1.29, 1.82) is 0 Å². The Labute approximate surface area is 163 Å². The van der Waals surface area contributed by atoms with E-state index in [9.17, 15) is 18.0 Å². The van der Waals surface area contributed by atoms with Gasteiger partial charge in [0.1, 0.15) is 0 Å². The number of halogens is 1. The molecule has 7 nitrogen and oxygen atoms in total. The van der Waals surface area contributed by atoms with E-state index in [1.54, 1.807) is 0 Å². The fraction of sp³-hybridized carbons (Fsp3) is 0.235. The highest BCUT2D eigenvalue weighted by atomic mass is 79.9. The number of aromatic nitrogens is 1. The highest BCUT2D eigenvalue weighted by molar-refractivity contribution is 7.90. The number of nitrogens with zero attached hydrogens (tertiary/aromatic N) is 1. The van der Waals surface area contributed by atoms with Crippen molar-refractivity contribution in [1.82, 2.24) is 4.72 Å². The molecule has 1 aromatic carbocycles. The maximum atomic E-state index is 12.0. The van der Waals surface area contributed by atoms with Crippen molar-refractivity contribution in [3.8, 4) is 0 Å². The molecule has 2 aromatic rings. The summed E-state index contributed by atoms with van der Waals surface area (Å²) in [6, 6.07) is 9.54. The minimum Gasteiger partial charge on any atom is -1.00 e. The Morgan fingerprint density at radius 2 is 1.62 bits per heavy atom. The molecule has 0 bridgehead atoms. The molecule has 2 N–H and O–H groups in total. The standard InChI is InChI=1S/C17H19N3O4S.BrH/c1-13-7-10-20(11-8-13)12-9-17(22)18-15-3-5-16(6-4-15)25(23,24)19-14(2)21;/h3-8,10-11H,9,12H2,1-2H3,(H-,18,19,21,22);1H. The van der Waals surface area contributed by atoms with Crippen LogP contribution in [0.2, 0.25) is 0 Å². The highest BCUT2D eigenvalue weighted by Gasteiger charge is 2.15. The average Bonchev–Trinajstić information content (AvgIpc) is 2.54. The van der Waals surface area contributed by atoms with Gasteiger partial charge in [0.25, 0.3) is 10.0 Å². The number of carbonyl (C=O) groups excluding carboxylic acids is 2. The fourth-order valence-corrected chi connectivity index (χ4v) is 3.09. The number of amides is 2. The van der Waals surface area contributed by atoms with Crippen molar-refractivity contribution in [2.75, 3.05) is 5.32 Å². The first-order valence-corrected chi connectivity index (χ1v) is 9.13. The third-order valence-electron chi connectivity index (χ3n) is 3.38. The molecule has 0 aliphatic carbocycles. The van der Waals surface area contributed by atoms with Crippen LogP contribution in [0.1, 0.15) is 18.9 Å². The SMILES string of the molecule is CC(=O)NS(=O)(=O)c1ccc(NC(=O)CC[n+]2ccc(C)cc2)cc1.[Br-]. The zero-order valence-electron chi connectivity index (χ0n) is 14.4. The van der Waals surface area contributed by atoms with Crippen LogP contribution in [0.25, 0.3) is 0 Å². The van der Waals surface area contributed by atoms with Crippen LogP contribution < -0.4 is 31.6 Å². The van der Waals surface area contributed by atoms with E-state index in [-0.39, 0.29) is 27.8 Å². The first-order chi connectivity index (χ1) is 11.8. The minimum atomic E-state index is -3.87.